The third-order valence-electron chi connectivity index (χ3n) is 5.17. The molecule has 0 nitrogen and oxygen atoms in total. The Labute approximate surface area is 142 Å². The second-order valence-corrected chi connectivity index (χ2v) is 27.2. The summed E-state index contributed by atoms with van der Waals surface area (Å²) in [7, 11) is 1.18. The van der Waals surface area contributed by atoms with Gasteiger partial charge in [0.15, 0.2) is 0 Å². The molecule has 0 saturated carbocycles. The van der Waals surface area contributed by atoms with Gasteiger partial charge in [-0.2, -0.15) is 0 Å². The van der Waals surface area contributed by atoms with E-state index in [1.807, 2.05) is 0 Å². The van der Waals surface area contributed by atoms with Crippen LogP contribution in [0.5, 0.6) is 0 Å². The maximum atomic E-state index is 2.34. The van der Waals surface area contributed by atoms with Crippen molar-refractivity contribution in [3.63, 3.8) is 0 Å². The molecule has 1 unspecified atom stereocenters. The van der Waals surface area contributed by atoms with Crippen molar-refractivity contribution in [2.24, 2.45) is 0 Å². The highest BCUT2D eigenvalue weighted by molar-refractivity contribution is 7.41. The van der Waals surface area contributed by atoms with Gasteiger partial charge in [0.1, 0.15) is 0 Å². The normalized spacial score (nSPS) is 13.1. The third-order valence-corrected chi connectivity index (χ3v) is 28.4. The fraction of sp³-hybridized carbons (Fsp3) is 1.00. The van der Waals surface area contributed by atoms with Crippen LogP contribution in [0.4, 0.5) is 0 Å². The minimum absolute atomic E-state index is 0.185. The molecular formula is C18H44Si3. The Balaban J connectivity index is 3.95. The summed E-state index contributed by atoms with van der Waals surface area (Å²) in [6.45, 7) is 7.03. The average Bonchev–Trinajstić information content (AvgIpc) is 2.49. The topological polar surface area (TPSA) is 0 Å². The summed E-state index contributed by atoms with van der Waals surface area (Å²) < 4.78 is 0. The highest BCUT2D eigenvalue weighted by atomic mass is 29.6. The van der Waals surface area contributed by atoms with Crippen molar-refractivity contribution in [2.45, 2.75) is 116 Å². The quantitative estimate of drug-likeness (QED) is 0.269. The van der Waals surface area contributed by atoms with E-state index in [9.17, 15) is 0 Å². The maximum Gasteiger partial charge on any atom is 0.0245 e. The molecule has 0 aliphatic heterocycles. The SMILES string of the molecule is CCCCCC[SiH]([SiH3])[SiH](CCCCCC)CCCCCC. The second kappa shape index (κ2) is 17.0. The Bertz CT molecular complexity index is 185. The molecule has 21 heavy (non-hydrogen) atoms. The van der Waals surface area contributed by atoms with Gasteiger partial charge in [0.05, 0.1) is 0 Å². The van der Waals surface area contributed by atoms with E-state index in [1.165, 1.54) is 57.8 Å². The van der Waals surface area contributed by atoms with E-state index in [-0.39, 0.29) is 16.1 Å². The van der Waals surface area contributed by atoms with Crippen LogP contribution in [-0.4, -0.2) is 25.9 Å². The van der Waals surface area contributed by atoms with Crippen molar-refractivity contribution in [1.82, 2.24) is 0 Å². The van der Waals surface area contributed by atoms with Crippen LogP contribution in [0, 0.1) is 0 Å². The highest BCUT2D eigenvalue weighted by Gasteiger charge is 2.19. The standard InChI is InChI=1S/C18H44Si3/c1-4-7-10-13-16-20(17-14-11-8-5-2)21(19)18-15-12-9-6-3/h20-21H,4-18H2,1-3,19H3. The van der Waals surface area contributed by atoms with Crippen LogP contribution in [0.25, 0.3) is 0 Å². The number of rotatable bonds is 16. The summed E-state index contributed by atoms with van der Waals surface area (Å²) in [6.07, 6.45) is 18.1. The lowest BCUT2D eigenvalue weighted by Gasteiger charge is -2.22. The van der Waals surface area contributed by atoms with Gasteiger partial charge in [-0.3, -0.25) is 0 Å². The Morgan fingerprint density at radius 3 is 1.29 bits per heavy atom. The van der Waals surface area contributed by atoms with Crippen LogP contribution < -0.4 is 0 Å². The third kappa shape index (κ3) is 14.0. The van der Waals surface area contributed by atoms with Crippen LogP contribution in [0.1, 0.15) is 97.8 Å². The highest BCUT2D eigenvalue weighted by Crippen LogP contribution is 2.18. The number of hydrogen-bond acceptors (Lipinski definition) is 0. The molecule has 0 aromatic heterocycles. The monoisotopic (exact) mass is 344 g/mol. The lowest BCUT2D eigenvalue weighted by molar-refractivity contribution is 0.687. The summed E-state index contributed by atoms with van der Waals surface area (Å²) in [5, 5.41) is 0. The molecular weight excluding hydrogens is 300 g/mol. The van der Waals surface area contributed by atoms with E-state index in [4.69, 9.17) is 0 Å². The minimum Gasteiger partial charge on any atom is -0.0654 e. The number of unbranched alkanes of at least 4 members (excludes halogenated alkanes) is 9. The van der Waals surface area contributed by atoms with Crippen molar-refractivity contribution in [3.05, 3.63) is 0 Å². The molecule has 0 aliphatic rings. The van der Waals surface area contributed by atoms with Gasteiger partial charge in [-0.25, -0.2) is 0 Å². The lowest BCUT2D eigenvalue weighted by atomic mass is 10.2. The smallest absolute Gasteiger partial charge is 0.0245 e. The molecule has 0 heterocycles. The molecule has 0 aromatic carbocycles. The van der Waals surface area contributed by atoms with Gasteiger partial charge in [0.2, 0.25) is 0 Å². The van der Waals surface area contributed by atoms with Crippen molar-refractivity contribution in [2.75, 3.05) is 0 Å². The Kier molecular flexibility index (Phi) is 17.5. The first kappa shape index (κ1) is 21.7. The maximum absolute atomic E-state index is 2.34. The molecule has 128 valence electrons. The summed E-state index contributed by atoms with van der Waals surface area (Å²) in [6, 6.07) is 5.21. The molecule has 0 fully saturated rings. The molecule has 0 aromatic rings. The predicted molar refractivity (Wildman–Crippen MR) is 111 cm³/mol. The van der Waals surface area contributed by atoms with E-state index in [0.717, 1.165) is 0 Å². The molecule has 0 rings (SSSR count). The zero-order chi connectivity index (χ0) is 15.8. The molecule has 3 heteroatoms. The second-order valence-electron chi connectivity index (χ2n) is 7.29. The molecule has 0 saturated heterocycles. The average molecular weight is 345 g/mol. The first-order chi connectivity index (χ1) is 10.3. The van der Waals surface area contributed by atoms with Crippen LogP contribution >= 0.6 is 0 Å². The fourth-order valence-corrected chi connectivity index (χ4v) is 22.1. The van der Waals surface area contributed by atoms with E-state index in [1.54, 1.807) is 47.2 Å². The van der Waals surface area contributed by atoms with Crippen LogP contribution in [0.3, 0.4) is 0 Å². The minimum atomic E-state index is -0.264. The van der Waals surface area contributed by atoms with Crippen molar-refractivity contribution in [1.29, 1.82) is 0 Å². The lowest BCUT2D eigenvalue weighted by Crippen LogP contribution is -2.36. The van der Waals surface area contributed by atoms with Gasteiger partial charge >= 0.3 is 0 Å². The van der Waals surface area contributed by atoms with E-state index >= 15 is 0 Å². The summed E-state index contributed by atoms with van der Waals surface area (Å²) in [5.74, 6) is 0. The van der Waals surface area contributed by atoms with Gasteiger partial charge in [-0.05, 0) is 9.76 Å². The molecule has 0 bridgehead atoms. The first-order valence-electron chi connectivity index (χ1n) is 10.3. The molecule has 0 amide bonds. The van der Waals surface area contributed by atoms with Crippen molar-refractivity contribution >= 4 is 25.9 Å². The van der Waals surface area contributed by atoms with E-state index in [2.05, 4.69) is 20.8 Å². The first-order valence-corrected chi connectivity index (χ1v) is 20.0. The van der Waals surface area contributed by atoms with Crippen molar-refractivity contribution in [3.8, 4) is 0 Å². The van der Waals surface area contributed by atoms with Gasteiger partial charge in [0.25, 0.3) is 0 Å². The van der Waals surface area contributed by atoms with Gasteiger partial charge in [-0.15, -0.1) is 0 Å². The van der Waals surface area contributed by atoms with Crippen LogP contribution in [0.15, 0.2) is 0 Å². The van der Waals surface area contributed by atoms with Gasteiger partial charge in [0, 0.05) is 16.1 Å². The van der Waals surface area contributed by atoms with E-state index in [0.29, 0.717) is 0 Å². The summed E-state index contributed by atoms with van der Waals surface area (Å²) in [4.78, 5) is 0. The molecule has 0 N–H and O–H groups in total. The summed E-state index contributed by atoms with van der Waals surface area (Å²) in [5.41, 5.74) is 0. The zero-order valence-corrected chi connectivity index (χ0v) is 20.1. The Morgan fingerprint density at radius 2 is 0.905 bits per heavy atom. The Morgan fingerprint density at radius 1 is 0.524 bits per heavy atom. The van der Waals surface area contributed by atoms with Gasteiger partial charge in [-0.1, -0.05) is 116 Å². The predicted octanol–water partition coefficient (Wildman–Crippen LogP) is 5.12. The largest absolute Gasteiger partial charge is 0.0654 e. The summed E-state index contributed by atoms with van der Waals surface area (Å²) >= 11 is 0. The van der Waals surface area contributed by atoms with E-state index < -0.39 is 0 Å². The molecule has 1 atom stereocenters. The fourth-order valence-electron chi connectivity index (χ4n) is 3.51. The van der Waals surface area contributed by atoms with Crippen LogP contribution in [-0.2, 0) is 0 Å². The van der Waals surface area contributed by atoms with Gasteiger partial charge < -0.3 is 0 Å². The van der Waals surface area contributed by atoms with Crippen molar-refractivity contribution < 1.29 is 0 Å². The van der Waals surface area contributed by atoms with Crippen LogP contribution in [0.2, 0.25) is 18.1 Å². The molecule has 0 radical (unpaired) electrons. The Hall–Kier alpha value is 0.651. The zero-order valence-electron chi connectivity index (χ0n) is 15.8. The molecule has 0 spiro atoms. The number of hydrogen-bond donors (Lipinski definition) is 0. The molecule has 0 aliphatic carbocycles.